The number of methoxy groups -OCH3 is 1. The number of thiophene rings is 1. The molecule has 2 amide bonds. The largest absolute Gasteiger partial charge is 0.495 e. The number of carbonyl (C=O) groups excluding carboxylic acids is 2. The molecule has 0 atom stereocenters. The maximum absolute atomic E-state index is 13.2. The lowest BCUT2D eigenvalue weighted by Crippen LogP contribution is -2.44. The zero-order chi connectivity index (χ0) is 20.9. The van der Waals surface area contributed by atoms with Crippen molar-refractivity contribution in [1.82, 2.24) is 9.80 Å². The molecule has 0 radical (unpaired) electrons. The van der Waals surface area contributed by atoms with Crippen LogP contribution in [0.2, 0.25) is 0 Å². The van der Waals surface area contributed by atoms with Gasteiger partial charge < -0.3 is 14.5 Å². The summed E-state index contributed by atoms with van der Waals surface area (Å²) in [6, 6.07) is 12.0. The minimum Gasteiger partial charge on any atom is -0.495 e. The molecule has 0 saturated carbocycles. The van der Waals surface area contributed by atoms with E-state index >= 15 is 0 Å². The predicted molar refractivity (Wildman–Crippen MR) is 120 cm³/mol. The summed E-state index contributed by atoms with van der Waals surface area (Å²) in [5.74, 6) is 0.993. The van der Waals surface area contributed by atoms with Gasteiger partial charge in [-0.25, -0.2) is 0 Å². The summed E-state index contributed by atoms with van der Waals surface area (Å²) in [6.45, 7) is 3.05. The van der Waals surface area contributed by atoms with Crippen LogP contribution in [-0.2, 0) is 4.79 Å². The van der Waals surface area contributed by atoms with Crippen molar-refractivity contribution < 1.29 is 14.3 Å². The first-order valence-corrected chi connectivity index (χ1v) is 11.8. The molecule has 2 fully saturated rings. The molecule has 2 aromatic rings. The van der Waals surface area contributed by atoms with Gasteiger partial charge in [0.1, 0.15) is 10.6 Å². The van der Waals surface area contributed by atoms with Gasteiger partial charge in [-0.3, -0.25) is 9.59 Å². The lowest BCUT2D eigenvalue weighted by atomic mass is 9.95. The van der Waals surface area contributed by atoms with E-state index < -0.39 is 0 Å². The van der Waals surface area contributed by atoms with Crippen molar-refractivity contribution in [2.24, 2.45) is 5.92 Å². The summed E-state index contributed by atoms with van der Waals surface area (Å²) in [7, 11) is 1.61. The molecule has 0 N–H and O–H groups in total. The van der Waals surface area contributed by atoms with Crippen LogP contribution in [0.3, 0.4) is 0 Å². The van der Waals surface area contributed by atoms with Gasteiger partial charge in [-0.15, -0.1) is 11.3 Å². The number of piperidine rings is 1. The Kier molecular flexibility index (Phi) is 6.72. The summed E-state index contributed by atoms with van der Waals surface area (Å²) in [4.78, 5) is 31.7. The highest BCUT2D eigenvalue weighted by Gasteiger charge is 2.32. The summed E-state index contributed by atoms with van der Waals surface area (Å²) in [5.41, 5.74) is 1.08. The Labute approximate surface area is 182 Å². The van der Waals surface area contributed by atoms with E-state index in [4.69, 9.17) is 4.74 Å². The fraction of sp³-hybridized carbons (Fsp3) is 0.500. The molecule has 2 saturated heterocycles. The van der Waals surface area contributed by atoms with Crippen LogP contribution in [0.15, 0.2) is 36.4 Å². The van der Waals surface area contributed by atoms with Gasteiger partial charge in [0, 0.05) is 37.0 Å². The van der Waals surface area contributed by atoms with Gasteiger partial charge in [-0.2, -0.15) is 0 Å². The Bertz CT molecular complexity index is 864. The highest BCUT2D eigenvalue weighted by molar-refractivity contribution is 7.17. The van der Waals surface area contributed by atoms with Gasteiger partial charge in [0.05, 0.1) is 7.11 Å². The zero-order valence-electron chi connectivity index (χ0n) is 17.6. The van der Waals surface area contributed by atoms with E-state index in [1.165, 1.54) is 24.2 Å². The first-order chi connectivity index (χ1) is 14.7. The SMILES string of the molecule is COc1cc(-c2ccccc2)sc1C(=O)N1CCC(C(=O)N2CCCCCC2)CC1. The summed E-state index contributed by atoms with van der Waals surface area (Å²) >= 11 is 1.48. The van der Waals surface area contributed by atoms with Crippen LogP contribution < -0.4 is 4.74 Å². The Hall–Kier alpha value is -2.34. The number of rotatable bonds is 4. The van der Waals surface area contributed by atoms with Crippen molar-refractivity contribution >= 4 is 23.2 Å². The molecular weight excluding hydrogens is 396 g/mol. The molecule has 6 heteroatoms. The molecule has 0 unspecified atom stereocenters. The first-order valence-electron chi connectivity index (χ1n) is 11.0. The lowest BCUT2D eigenvalue weighted by molar-refractivity contribution is -0.136. The van der Waals surface area contributed by atoms with Crippen LogP contribution in [0, 0.1) is 5.92 Å². The average Bonchev–Trinajstić information content (AvgIpc) is 3.05. The minimum atomic E-state index is 0.0136. The lowest BCUT2D eigenvalue weighted by Gasteiger charge is -2.34. The Morgan fingerprint density at radius 1 is 0.933 bits per heavy atom. The van der Waals surface area contributed by atoms with Gasteiger partial charge in [-0.05, 0) is 37.3 Å². The van der Waals surface area contributed by atoms with Crippen LogP contribution in [0.25, 0.3) is 10.4 Å². The fourth-order valence-corrected chi connectivity index (χ4v) is 5.54. The predicted octanol–water partition coefficient (Wildman–Crippen LogP) is 4.68. The zero-order valence-corrected chi connectivity index (χ0v) is 18.5. The number of hydrogen-bond donors (Lipinski definition) is 0. The maximum atomic E-state index is 13.2. The molecule has 1 aromatic heterocycles. The van der Waals surface area contributed by atoms with Crippen LogP contribution >= 0.6 is 11.3 Å². The third-order valence-corrected chi connectivity index (χ3v) is 7.37. The average molecular weight is 427 g/mol. The van der Waals surface area contributed by atoms with Gasteiger partial charge in [0.25, 0.3) is 5.91 Å². The Balaban J connectivity index is 1.41. The number of amides is 2. The van der Waals surface area contributed by atoms with Gasteiger partial charge in [0.15, 0.2) is 0 Å². The molecule has 3 heterocycles. The Morgan fingerprint density at radius 3 is 2.23 bits per heavy atom. The number of carbonyl (C=O) groups is 2. The molecule has 1 aromatic carbocycles. The second-order valence-electron chi connectivity index (χ2n) is 8.18. The van der Waals surface area contributed by atoms with E-state index in [9.17, 15) is 9.59 Å². The van der Waals surface area contributed by atoms with Crippen LogP contribution in [0.1, 0.15) is 48.2 Å². The van der Waals surface area contributed by atoms with E-state index in [1.807, 2.05) is 41.3 Å². The fourth-order valence-electron chi connectivity index (χ4n) is 4.44. The number of ether oxygens (including phenoxy) is 1. The van der Waals surface area contributed by atoms with Crippen LogP contribution in [0.5, 0.6) is 5.75 Å². The quantitative estimate of drug-likeness (QED) is 0.713. The number of hydrogen-bond acceptors (Lipinski definition) is 4. The van der Waals surface area contributed by atoms with E-state index in [0.717, 1.165) is 49.2 Å². The van der Waals surface area contributed by atoms with Crippen molar-refractivity contribution in [2.75, 3.05) is 33.3 Å². The van der Waals surface area contributed by atoms with Crippen molar-refractivity contribution in [3.05, 3.63) is 41.3 Å². The Morgan fingerprint density at radius 2 is 1.60 bits per heavy atom. The molecule has 0 aliphatic carbocycles. The van der Waals surface area contributed by atoms with Crippen LogP contribution in [-0.4, -0.2) is 54.9 Å². The van der Waals surface area contributed by atoms with E-state index in [2.05, 4.69) is 4.90 Å². The van der Waals surface area contributed by atoms with Gasteiger partial charge in [0.2, 0.25) is 5.91 Å². The topological polar surface area (TPSA) is 49.9 Å². The number of nitrogens with zero attached hydrogens (tertiary/aromatic N) is 2. The third kappa shape index (κ3) is 4.53. The molecular formula is C24H30N2O3S. The molecule has 0 spiro atoms. The van der Waals surface area contributed by atoms with Crippen molar-refractivity contribution in [3.63, 3.8) is 0 Å². The van der Waals surface area contributed by atoms with Crippen LogP contribution in [0.4, 0.5) is 0 Å². The molecule has 5 nitrogen and oxygen atoms in total. The number of benzene rings is 1. The molecule has 160 valence electrons. The van der Waals surface area contributed by atoms with Gasteiger partial charge >= 0.3 is 0 Å². The van der Waals surface area contributed by atoms with E-state index in [0.29, 0.717) is 29.6 Å². The van der Waals surface area contributed by atoms with Crippen molar-refractivity contribution in [3.8, 4) is 16.2 Å². The summed E-state index contributed by atoms with van der Waals surface area (Å²) < 4.78 is 5.51. The van der Waals surface area contributed by atoms with E-state index in [1.54, 1.807) is 7.11 Å². The third-order valence-electron chi connectivity index (χ3n) is 6.22. The molecule has 0 bridgehead atoms. The van der Waals surface area contributed by atoms with Gasteiger partial charge in [-0.1, -0.05) is 43.2 Å². The van der Waals surface area contributed by atoms with Crippen molar-refractivity contribution in [2.45, 2.75) is 38.5 Å². The maximum Gasteiger partial charge on any atom is 0.267 e. The molecule has 4 rings (SSSR count). The normalized spacial score (nSPS) is 18.2. The monoisotopic (exact) mass is 426 g/mol. The molecule has 30 heavy (non-hydrogen) atoms. The second-order valence-corrected chi connectivity index (χ2v) is 9.23. The highest BCUT2D eigenvalue weighted by atomic mass is 32.1. The summed E-state index contributed by atoms with van der Waals surface area (Å²) in [6.07, 6.45) is 6.19. The van der Waals surface area contributed by atoms with E-state index in [-0.39, 0.29) is 11.8 Å². The highest BCUT2D eigenvalue weighted by Crippen LogP contribution is 2.37. The number of likely N-dealkylation sites (tertiary alicyclic amines) is 2. The van der Waals surface area contributed by atoms with Crippen molar-refractivity contribution in [1.29, 1.82) is 0 Å². The molecule has 2 aliphatic rings. The first kappa shape index (κ1) is 20.9. The smallest absolute Gasteiger partial charge is 0.267 e. The standard InChI is InChI=1S/C24H30N2O3S/c1-29-20-17-21(18-9-5-4-6-10-18)30-22(20)24(28)26-15-11-19(12-16-26)23(27)25-13-7-2-3-8-14-25/h4-6,9-10,17,19H,2-3,7-8,11-16H2,1H3. The second kappa shape index (κ2) is 9.65. The molecule has 2 aliphatic heterocycles. The summed E-state index contributed by atoms with van der Waals surface area (Å²) in [5, 5.41) is 0. The minimum absolute atomic E-state index is 0.0136.